The normalized spacial score (nSPS) is 28.4. The molecule has 4 atom stereocenters. The molecule has 11 heteroatoms. The summed E-state index contributed by atoms with van der Waals surface area (Å²) in [7, 11) is 0. The van der Waals surface area contributed by atoms with E-state index in [1.807, 2.05) is 0 Å². The number of aromatic nitrogens is 2. The quantitative estimate of drug-likeness (QED) is 0.326. The molecule has 0 unspecified atom stereocenters. The number of esters is 1. The average molecular weight is 353 g/mol. The third kappa shape index (κ3) is 3.58. The lowest BCUT2D eigenvalue weighted by molar-refractivity contribution is -0.167. The summed E-state index contributed by atoms with van der Waals surface area (Å²) in [6.45, 7) is 2.67. The second-order valence-electron chi connectivity index (χ2n) is 5.74. The van der Waals surface area contributed by atoms with Gasteiger partial charge >= 0.3 is 11.7 Å². The molecule has 0 spiro atoms. The summed E-state index contributed by atoms with van der Waals surface area (Å²) in [4.78, 5) is 39.9. The average Bonchev–Trinajstić information content (AvgIpc) is 2.82. The van der Waals surface area contributed by atoms with E-state index in [0.717, 1.165) is 10.6 Å². The topological polar surface area (TPSA) is 159 Å². The summed E-state index contributed by atoms with van der Waals surface area (Å²) in [6.07, 6.45) is -0.198. The molecule has 1 saturated heterocycles. The lowest BCUT2D eigenvalue weighted by atomic mass is 9.98. The zero-order valence-corrected chi connectivity index (χ0v) is 13.8. The largest absolute Gasteiger partial charge is 0.459 e. The summed E-state index contributed by atoms with van der Waals surface area (Å²) in [5.74, 6) is -1.18. The van der Waals surface area contributed by atoms with E-state index in [9.17, 15) is 19.5 Å². The maximum absolute atomic E-state index is 12.0. The molecule has 0 radical (unpaired) electrons. The van der Waals surface area contributed by atoms with E-state index < -0.39 is 47.8 Å². The van der Waals surface area contributed by atoms with Gasteiger partial charge in [-0.1, -0.05) is 19.0 Å². The van der Waals surface area contributed by atoms with Gasteiger partial charge in [-0.3, -0.25) is 19.1 Å². The maximum Gasteiger partial charge on any atom is 0.330 e. The number of hydrogen-bond donors (Lipinski definition) is 2. The SMILES string of the molecule is CCCC(=O)O[C@H]1[C@H](C)[C@H](n2ccc(=O)[nH]c2=O)O[C@@]1(CO)N=[N+]=[N-]. The van der Waals surface area contributed by atoms with Crippen molar-refractivity contribution in [3.63, 3.8) is 0 Å². The molecule has 2 heterocycles. The Bertz CT molecular complexity index is 797. The summed E-state index contributed by atoms with van der Waals surface area (Å²) >= 11 is 0. The summed E-state index contributed by atoms with van der Waals surface area (Å²) in [6, 6.07) is 1.13. The molecule has 1 aromatic rings. The molecule has 1 fully saturated rings. The second-order valence-corrected chi connectivity index (χ2v) is 5.74. The monoisotopic (exact) mass is 353 g/mol. The molecule has 136 valence electrons. The first-order valence-corrected chi connectivity index (χ1v) is 7.74. The highest BCUT2D eigenvalue weighted by atomic mass is 16.6. The number of azide groups is 1. The van der Waals surface area contributed by atoms with E-state index in [4.69, 9.17) is 15.0 Å². The summed E-state index contributed by atoms with van der Waals surface area (Å²) in [5.41, 5.74) is 5.64. The van der Waals surface area contributed by atoms with E-state index in [0.29, 0.717) is 6.42 Å². The third-order valence-electron chi connectivity index (χ3n) is 3.98. The van der Waals surface area contributed by atoms with Crippen molar-refractivity contribution in [2.24, 2.45) is 11.0 Å². The Morgan fingerprint density at radius 2 is 2.32 bits per heavy atom. The van der Waals surface area contributed by atoms with Crippen molar-refractivity contribution in [2.75, 3.05) is 6.61 Å². The van der Waals surface area contributed by atoms with Gasteiger partial charge in [0.1, 0.15) is 12.3 Å². The highest BCUT2D eigenvalue weighted by Crippen LogP contribution is 2.43. The van der Waals surface area contributed by atoms with E-state index in [2.05, 4.69) is 15.0 Å². The van der Waals surface area contributed by atoms with Crippen molar-refractivity contribution in [2.45, 2.75) is 44.7 Å². The first-order chi connectivity index (χ1) is 11.9. The number of nitrogens with zero attached hydrogens (tertiary/aromatic N) is 4. The number of rotatable bonds is 6. The van der Waals surface area contributed by atoms with Gasteiger partial charge in [-0.15, -0.1) is 0 Å². The predicted octanol–water partition coefficient (Wildman–Crippen LogP) is 0.412. The van der Waals surface area contributed by atoms with Crippen molar-refractivity contribution in [3.8, 4) is 0 Å². The fourth-order valence-corrected chi connectivity index (χ4v) is 2.80. The van der Waals surface area contributed by atoms with Crippen molar-refractivity contribution >= 4 is 5.97 Å². The van der Waals surface area contributed by atoms with Crippen LogP contribution in [0.4, 0.5) is 0 Å². The molecule has 1 aromatic heterocycles. The van der Waals surface area contributed by atoms with Gasteiger partial charge in [-0.2, -0.15) is 0 Å². The Morgan fingerprint density at radius 1 is 1.60 bits per heavy atom. The van der Waals surface area contributed by atoms with Gasteiger partial charge in [0.2, 0.25) is 5.72 Å². The van der Waals surface area contributed by atoms with E-state index in [-0.39, 0.29) is 6.42 Å². The van der Waals surface area contributed by atoms with Crippen LogP contribution < -0.4 is 11.2 Å². The van der Waals surface area contributed by atoms with Crippen molar-refractivity contribution in [1.82, 2.24) is 9.55 Å². The van der Waals surface area contributed by atoms with Gasteiger partial charge in [0.15, 0.2) is 0 Å². The number of aliphatic hydroxyl groups excluding tert-OH is 1. The van der Waals surface area contributed by atoms with Crippen LogP contribution in [0.25, 0.3) is 10.4 Å². The number of carbonyl (C=O) groups excluding carboxylic acids is 1. The van der Waals surface area contributed by atoms with Crippen molar-refractivity contribution < 1.29 is 19.4 Å². The molecule has 0 aromatic carbocycles. The zero-order valence-electron chi connectivity index (χ0n) is 13.8. The maximum atomic E-state index is 12.0. The number of ether oxygens (including phenoxy) is 2. The standard InChI is InChI=1S/C14H19N5O6/c1-3-4-10(22)24-11-8(2)12(25-14(11,7-20)17-18-15)19-6-5-9(21)16-13(19)23/h5-6,8,11-12,20H,3-4,7H2,1-2H3,(H,16,21,23)/t8-,11-,12+,14+/m0/s1. The minimum absolute atomic E-state index is 0.143. The van der Waals surface area contributed by atoms with Gasteiger partial charge in [-0.25, -0.2) is 4.79 Å². The summed E-state index contributed by atoms with van der Waals surface area (Å²) < 4.78 is 12.1. The van der Waals surface area contributed by atoms with Crippen LogP contribution in [0.3, 0.4) is 0 Å². The molecule has 0 saturated carbocycles. The fraction of sp³-hybridized carbons (Fsp3) is 0.643. The van der Waals surface area contributed by atoms with E-state index in [1.165, 1.54) is 6.20 Å². The van der Waals surface area contributed by atoms with Crippen LogP contribution in [-0.4, -0.2) is 39.1 Å². The second kappa shape index (κ2) is 7.51. The zero-order chi connectivity index (χ0) is 18.6. The first kappa shape index (κ1) is 18.7. The molecule has 0 bridgehead atoms. The van der Waals surface area contributed by atoms with Gasteiger partial charge < -0.3 is 14.6 Å². The number of aliphatic hydroxyl groups is 1. The number of carbonyl (C=O) groups is 1. The lowest BCUT2D eigenvalue weighted by Gasteiger charge is -2.28. The van der Waals surface area contributed by atoms with Gasteiger partial charge in [0.25, 0.3) is 5.56 Å². The Kier molecular flexibility index (Phi) is 5.62. The highest BCUT2D eigenvalue weighted by Gasteiger charge is 2.56. The molecule has 2 rings (SSSR count). The molecule has 0 aliphatic carbocycles. The molecule has 1 aliphatic rings. The van der Waals surface area contributed by atoms with Crippen molar-refractivity contribution in [3.05, 3.63) is 43.5 Å². The highest BCUT2D eigenvalue weighted by molar-refractivity contribution is 5.69. The molecule has 25 heavy (non-hydrogen) atoms. The van der Waals surface area contributed by atoms with Crippen LogP contribution in [0.5, 0.6) is 0 Å². The predicted molar refractivity (Wildman–Crippen MR) is 84.4 cm³/mol. The van der Waals surface area contributed by atoms with Crippen LogP contribution in [0.1, 0.15) is 32.9 Å². The number of aromatic amines is 1. The number of hydrogen-bond acceptors (Lipinski definition) is 7. The van der Waals surface area contributed by atoms with Crippen molar-refractivity contribution in [1.29, 1.82) is 0 Å². The molecular weight excluding hydrogens is 334 g/mol. The molecular formula is C14H19N5O6. The van der Waals surface area contributed by atoms with E-state index in [1.54, 1.807) is 13.8 Å². The number of H-pyrrole nitrogens is 1. The Labute approximate surface area is 141 Å². The van der Waals surface area contributed by atoms with Gasteiger partial charge in [-0.05, 0) is 12.0 Å². The molecule has 2 N–H and O–H groups in total. The number of nitrogens with one attached hydrogen (secondary N) is 1. The minimum Gasteiger partial charge on any atom is -0.459 e. The minimum atomic E-state index is -1.86. The Morgan fingerprint density at radius 3 is 2.88 bits per heavy atom. The van der Waals surface area contributed by atoms with Crippen LogP contribution in [-0.2, 0) is 14.3 Å². The molecule has 0 amide bonds. The van der Waals surface area contributed by atoms with Gasteiger partial charge in [0, 0.05) is 29.5 Å². The Hall–Kier alpha value is -2.62. The molecule has 11 nitrogen and oxygen atoms in total. The van der Waals surface area contributed by atoms with Crippen LogP contribution in [0.2, 0.25) is 0 Å². The smallest absolute Gasteiger partial charge is 0.330 e. The fourth-order valence-electron chi connectivity index (χ4n) is 2.80. The van der Waals surface area contributed by atoms with Crippen LogP contribution in [0.15, 0.2) is 27.0 Å². The summed E-state index contributed by atoms with van der Waals surface area (Å²) in [5, 5.41) is 13.2. The Balaban J connectivity index is 2.45. The third-order valence-corrected chi connectivity index (χ3v) is 3.98. The van der Waals surface area contributed by atoms with Gasteiger partial charge in [0.05, 0.1) is 6.61 Å². The van der Waals surface area contributed by atoms with Crippen LogP contribution in [0, 0.1) is 5.92 Å². The van der Waals surface area contributed by atoms with Crippen LogP contribution >= 0.6 is 0 Å². The first-order valence-electron chi connectivity index (χ1n) is 7.74. The van der Waals surface area contributed by atoms with E-state index >= 15 is 0 Å². The molecule has 1 aliphatic heterocycles. The lowest BCUT2D eigenvalue weighted by Crippen LogP contribution is -2.45.